The second kappa shape index (κ2) is 9.12. The van der Waals surface area contributed by atoms with Crippen molar-refractivity contribution in [3.05, 3.63) is 28.8 Å². The lowest BCUT2D eigenvalue weighted by Gasteiger charge is -2.37. The first-order chi connectivity index (χ1) is 14.4. The minimum Gasteiger partial charge on any atom is -0.491 e. The Morgan fingerprint density at radius 2 is 1.97 bits per heavy atom. The number of nitrogens with two attached hydrogens (primary N) is 1. The summed E-state index contributed by atoms with van der Waals surface area (Å²) >= 11 is 0. The Hall–Kier alpha value is -1.83. The van der Waals surface area contributed by atoms with Crippen molar-refractivity contribution in [1.29, 1.82) is 0 Å². The van der Waals surface area contributed by atoms with Crippen LogP contribution in [-0.4, -0.2) is 78.1 Å². The van der Waals surface area contributed by atoms with E-state index >= 15 is 0 Å². The topological polar surface area (TPSA) is 88.3 Å². The average Bonchev–Trinajstić information content (AvgIpc) is 2.97. The summed E-state index contributed by atoms with van der Waals surface area (Å²) in [5, 5.41) is 9.17. The molecule has 4 rings (SSSR count). The van der Waals surface area contributed by atoms with E-state index in [1.165, 1.54) is 28.9 Å². The third kappa shape index (κ3) is 4.58. The number of hydrogen-bond acceptors (Lipinski definition) is 5. The zero-order valence-electron chi connectivity index (χ0n) is 18.2. The van der Waals surface area contributed by atoms with Gasteiger partial charge in [0.1, 0.15) is 18.5 Å². The molecule has 1 amide bonds. The SMILES string of the molecule is Cc1c(CCN2C3CCC2CC(N)C3)ccc(OCC2CN(C(=O)O)CCO2)c1C. The number of carboxylic acid groups (broad SMARTS) is 1. The van der Waals surface area contributed by atoms with Gasteiger partial charge in [-0.05, 0) is 68.7 Å². The van der Waals surface area contributed by atoms with Crippen molar-refractivity contribution >= 4 is 6.09 Å². The van der Waals surface area contributed by atoms with E-state index in [1.807, 2.05) is 0 Å². The van der Waals surface area contributed by atoms with E-state index in [0.29, 0.717) is 44.4 Å². The number of benzene rings is 1. The molecule has 0 radical (unpaired) electrons. The number of hydrogen-bond donors (Lipinski definition) is 2. The van der Waals surface area contributed by atoms with E-state index in [0.717, 1.165) is 37.1 Å². The van der Waals surface area contributed by atoms with Crippen LogP contribution in [0.1, 0.15) is 42.4 Å². The highest BCUT2D eigenvalue weighted by Gasteiger charge is 2.39. The Morgan fingerprint density at radius 1 is 1.23 bits per heavy atom. The maximum absolute atomic E-state index is 11.2. The number of ether oxygens (including phenoxy) is 2. The molecule has 0 spiro atoms. The molecule has 1 aromatic rings. The average molecular weight is 418 g/mol. The zero-order valence-corrected chi connectivity index (χ0v) is 18.2. The van der Waals surface area contributed by atoms with Crippen LogP contribution in [0.3, 0.4) is 0 Å². The summed E-state index contributed by atoms with van der Waals surface area (Å²) in [7, 11) is 0. The van der Waals surface area contributed by atoms with E-state index in [-0.39, 0.29) is 6.10 Å². The predicted octanol–water partition coefficient (Wildman–Crippen LogP) is 2.56. The van der Waals surface area contributed by atoms with E-state index in [1.54, 1.807) is 0 Å². The Morgan fingerprint density at radius 3 is 2.67 bits per heavy atom. The van der Waals surface area contributed by atoms with E-state index in [4.69, 9.17) is 20.3 Å². The minimum absolute atomic E-state index is 0.227. The molecule has 0 aromatic heterocycles. The van der Waals surface area contributed by atoms with Gasteiger partial charge in [0, 0.05) is 31.2 Å². The third-order valence-corrected chi connectivity index (χ3v) is 7.24. The molecule has 2 bridgehead atoms. The molecular weight excluding hydrogens is 382 g/mol. The monoisotopic (exact) mass is 417 g/mol. The van der Waals surface area contributed by atoms with Crippen LogP contribution in [0.5, 0.6) is 5.75 Å². The molecule has 7 nitrogen and oxygen atoms in total. The molecule has 3 atom stereocenters. The van der Waals surface area contributed by atoms with Gasteiger partial charge in [0.05, 0.1) is 13.2 Å². The lowest BCUT2D eigenvalue weighted by Crippen LogP contribution is -2.48. The number of carbonyl (C=O) groups is 1. The van der Waals surface area contributed by atoms with E-state index in [2.05, 4.69) is 30.9 Å². The maximum atomic E-state index is 11.2. The van der Waals surface area contributed by atoms with Crippen molar-refractivity contribution in [2.75, 3.05) is 32.8 Å². The fourth-order valence-electron chi connectivity index (χ4n) is 5.39. The second-order valence-corrected chi connectivity index (χ2v) is 9.11. The van der Waals surface area contributed by atoms with Crippen molar-refractivity contribution in [1.82, 2.24) is 9.80 Å². The van der Waals surface area contributed by atoms with Gasteiger partial charge < -0.3 is 25.2 Å². The van der Waals surface area contributed by atoms with Crippen LogP contribution < -0.4 is 10.5 Å². The molecule has 7 heteroatoms. The molecular formula is C23H35N3O4. The van der Waals surface area contributed by atoms with Crippen molar-refractivity contribution in [3.8, 4) is 5.75 Å². The fraction of sp³-hybridized carbons (Fsp3) is 0.696. The summed E-state index contributed by atoms with van der Waals surface area (Å²) in [5.41, 5.74) is 10.0. The largest absolute Gasteiger partial charge is 0.491 e. The van der Waals surface area contributed by atoms with Crippen molar-refractivity contribution in [3.63, 3.8) is 0 Å². The summed E-state index contributed by atoms with van der Waals surface area (Å²) in [6, 6.07) is 5.96. The maximum Gasteiger partial charge on any atom is 0.407 e. The number of amides is 1. The lowest BCUT2D eigenvalue weighted by atomic mass is 9.96. The first kappa shape index (κ1) is 21.4. The molecule has 3 aliphatic heterocycles. The molecule has 3 saturated heterocycles. The molecule has 166 valence electrons. The number of piperidine rings is 1. The molecule has 3 N–H and O–H groups in total. The van der Waals surface area contributed by atoms with Crippen LogP contribution in [-0.2, 0) is 11.2 Å². The lowest BCUT2D eigenvalue weighted by molar-refractivity contribution is -0.0413. The van der Waals surface area contributed by atoms with E-state index < -0.39 is 6.09 Å². The third-order valence-electron chi connectivity index (χ3n) is 7.24. The molecule has 3 unspecified atom stereocenters. The zero-order chi connectivity index (χ0) is 21.3. The molecule has 0 aliphatic carbocycles. The van der Waals surface area contributed by atoms with Gasteiger partial charge in [-0.3, -0.25) is 4.90 Å². The van der Waals surface area contributed by atoms with Gasteiger partial charge in [-0.15, -0.1) is 0 Å². The summed E-state index contributed by atoms with van der Waals surface area (Å²) < 4.78 is 11.7. The molecule has 30 heavy (non-hydrogen) atoms. The van der Waals surface area contributed by atoms with Gasteiger partial charge >= 0.3 is 6.09 Å². The molecule has 3 heterocycles. The van der Waals surface area contributed by atoms with Gasteiger partial charge in [0.15, 0.2) is 0 Å². The van der Waals surface area contributed by atoms with Crippen LogP contribution in [0.4, 0.5) is 4.79 Å². The summed E-state index contributed by atoms with van der Waals surface area (Å²) in [4.78, 5) is 15.2. The first-order valence-corrected chi connectivity index (χ1v) is 11.2. The van der Waals surface area contributed by atoms with Crippen molar-refractivity contribution < 1.29 is 19.4 Å². The highest BCUT2D eigenvalue weighted by atomic mass is 16.5. The predicted molar refractivity (Wildman–Crippen MR) is 115 cm³/mol. The van der Waals surface area contributed by atoms with Gasteiger partial charge in [-0.25, -0.2) is 4.79 Å². The molecule has 1 aromatic carbocycles. The van der Waals surface area contributed by atoms with Gasteiger partial charge in [-0.2, -0.15) is 0 Å². The molecule has 3 fully saturated rings. The standard InChI is InChI=1S/C23H35N3O4/c1-15-16(2)22(30-14-21-13-25(23(27)28)9-10-29-21)6-3-17(15)7-8-26-19-4-5-20(26)12-18(24)11-19/h3,6,18-21H,4-5,7-14,24H2,1-2H3,(H,27,28). The number of nitrogens with zero attached hydrogens (tertiary/aromatic N) is 2. The van der Waals surface area contributed by atoms with Crippen LogP contribution in [0.25, 0.3) is 0 Å². The quantitative estimate of drug-likeness (QED) is 0.740. The first-order valence-electron chi connectivity index (χ1n) is 11.2. The number of rotatable bonds is 6. The van der Waals surface area contributed by atoms with Crippen molar-refractivity contribution in [2.45, 2.75) is 70.2 Å². The summed E-state index contributed by atoms with van der Waals surface area (Å²) in [6.45, 7) is 6.92. The van der Waals surface area contributed by atoms with E-state index in [9.17, 15) is 4.79 Å². The van der Waals surface area contributed by atoms with Crippen LogP contribution in [0, 0.1) is 13.8 Å². The normalized spacial score (nSPS) is 29.2. The Kier molecular flexibility index (Phi) is 6.51. The van der Waals surface area contributed by atoms with Gasteiger partial charge in [-0.1, -0.05) is 6.07 Å². The van der Waals surface area contributed by atoms with Crippen LogP contribution in [0.15, 0.2) is 12.1 Å². The van der Waals surface area contributed by atoms with Crippen molar-refractivity contribution in [2.24, 2.45) is 5.73 Å². The highest BCUT2D eigenvalue weighted by Crippen LogP contribution is 2.35. The second-order valence-electron chi connectivity index (χ2n) is 9.11. The Labute approximate surface area is 179 Å². The van der Waals surface area contributed by atoms with Gasteiger partial charge in [0.2, 0.25) is 0 Å². The number of morpholine rings is 1. The van der Waals surface area contributed by atoms with Crippen LogP contribution in [0.2, 0.25) is 0 Å². The molecule has 3 aliphatic rings. The fourth-order valence-corrected chi connectivity index (χ4v) is 5.39. The molecule has 0 saturated carbocycles. The Balaban J connectivity index is 1.33. The minimum atomic E-state index is -0.899. The van der Waals surface area contributed by atoms with Gasteiger partial charge in [0.25, 0.3) is 0 Å². The summed E-state index contributed by atoms with van der Waals surface area (Å²) in [5.74, 6) is 0.858. The van der Waals surface area contributed by atoms with Crippen LogP contribution >= 0.6 is 0 Å². The number of fused-ring (bicyclic) bond motifs is 2. The Bertz CT molecular complexity index is 757. The summed E-state index contributed by atoms with van der Waals surface area (Å²) in [6.07, 6.45) is 4.80. The smallest absolute Gasteiger partial charge is 0.407 e. The highest BCUT2D eigenvalue weighted by molar-refractivity contribution is 5.65.